The lowest BCUT2D eigenvalue weighted by Crippen LogP contribution is -2.50. The molecular weight excluding hydrogens is 222 g/mol. The van der Waals surface area contributed by atoms with Crippen LogP contribution in [-0.4, -0.2) is 54.1 Å². The number of aliphatic hydroxyl groups is 1. The van der Waals surface area contributed by atoms with E-state index in [1.807, 2.05) is 20.8 Å². The van der Waals surface area contributed by atoms with E-state index in [0.717, 1.165) is 6.42 Å². The molecule has 100 valence electrons. The molecule has 1 atom stereocenters. The molecular formula is C12H23NO4. The van der Waals surface area contributed by atoms with Crippen molar-refractivity contribution in [3.8, 4) is 0 Å². The summed E-state index contributed by atoms with van der Waals surface area (Å²) in [5.74, 6) is 0. The highest BCUT2D eigenvalue weighted by Gasteiger charge is 2.30. The Balaban J connectivity index is 2.54. The molecule has 0 aliphatic carbocycles. The molecule has 0 saturated carbocycles. The number of carbonyl (C=O) groups excluding carboxylic acids is 1. The highest BCUT2D eigenvalue weighted by molar-refractivity contribution is 5.68. The predicted octanol–water partition coefficient (Wildman–Crippen LogP) is 1.39. The van der Waals surface area contributed by atoms with Crippen molar-refractivity contribution in [1.82, 2.24) is 4.90 Å². The number of hydrogen-bond acceptors (Lipinski definition) is 4. The first-order valence-corrected chi connectivity index (χ1v) is 6.12. The van der Waals surface area contributed by atoms with Gasteiger partial charge in [-0.2, -0.15) is 0 Å². The van der Waals surface area contributed by atoms with Crippen molar-refractivity contribution in [1.29, 1.82) is 0 Å². The van der Waals surface area contributed by atoms with Gasteiger partial charge in [0.15, 0.2) is 0 Å². The standard InChI is InChI=1S/C12H23NO4/c1-12(2,3)17-11(15)13-6-8-16-9-10(13)5-4-7-14/h10,14H,4-9H2,1-3H3. The van der Waals surface area contributed by atoms with Crippen molar-refractivity contribution in [2.45, 2.75) is 45.3 Å². The monoisotopic (exact) mass is 245 g/mol. The second-order valence-corrected chi connectivity index (χ2v) is 5.27. The number of nitrogens with zero attached hydrogens (tertiary/aromatic N) is 1. The zero-order valence-corrected chi connectivity index (χ0v) is 10.9. The Morgan fingerprint density at radius 2 is 2.24 bits per heavy atom. The van der Waals surface area contributed by atoms with Crippen LogP contribution in [0.1, 0.15) is 33.6 Å². The van der Waals surface area contributed by atoms with E-state index < -0.39 is 5.60 Å². The molecule has 0 aromatic heterocycles. The van der Waals surface area contributed by atoms with E-state index in [-0.39, 0.29) is 18.7 Å². The lowest BCUT2D eigenvalue weighted by Gasteiger charge is -2.36. The van der Waals surface area contributed by atoms with Crippen LogP contribution in [0.25, 0.3) is 0 Å². The van der Waals surface area contributed by atoms with Crippen molar-refractivity contribution < 1.29 is 19.4 Å². The largest absolute Gasteiger partial charge is 0.444 e. The third-order valence-electron chi connectivity index (χ3n) is 2.55. The van der Waals surface area contributed by atoms with Gasteiger partial charge in [0.2, 0.25) is 0 Å². The van der Waals surface area contributed by atoms with Crippen LogP contribution in [0.5, 0.6) is 0 Å². The summed E-state index contributed by atoms with van der Waals surface area (Å²) in [4.78, 5) is 13.7. The summed E-state index contributed by atoms with van der Waals surface area (Å²) < 4.78 is 10.7. The van der Waals surface area contributed by atoms with Gasteiger partial charge < -0.3 is 19.5 Å². The van der Waals surface area contributed by atoms with Gasteiger partial charge in [-0.05, 0) is 33.6 Å². The molecule has 0 spiro atoms. The molecule has 0 radical (unpaired) electrons. The molecule has 5 heteroatoms. The number of rotatable bonds is 3. The normalized spacial score (nSPS) is 21.4. The van der Waals surface area contributed by atoms with Crippen molar-refractivity contribution in [3.63, 3.8) is 0 Å². The Morgan fingerprint density at radius 3 is 2.82 bits per heavy atom. The number of carbonyl (C=O) groups is 1. The van der Waals surface area contributed by atoms with E-state index in [4.69, 9.17) is 14.6 Å². The van der Waals surface area contributed by atoms with Gasteiger partial charge in [-0.15, -0.1) is 0 Å². The van der Waals surface area contributed by atoms with E-state index >= 15 is 0 Å². The maximum Gasteiger partial charge on any atom is 0.410 e. The zero-order valence-electron chi connectivity index (χ0n) is 10.9. The van der Waals surface area contributed by atoms with Gasteiger partial charge in [-0.1, -0.05) is 0 Å². The van der Waals surface area contributed by atoms with E-state index in [1.165, 1.54) is 0 Å². The third-order valence-corrected chi connectivity index (χ3v) is 2.55. The van der Waals surface area contributed by atoms with Crippen LogP contribution in [0.2, 0.25) is 0 Å². The van der Waals surface area contributed by atoms with Crippen molar-refractivity contribution >= 4 is 6.09 Å². The Morgan fingerprint density at radius 1 is 1.53 bits per heavy atom. The number of morpholine rings is 1. The number of amides is 1. The van der Waals surface area contributed by atoms with Gasteiger partial charge in [0.1, 0.15) is 5.60 Å². The van der Waals surface area contributed by atoms with Crippen LogP contribution in [0.15, 0.2) is 0 Å². The highest BCUT2D eigenvalue weighted by Crippen LogP contribution is 2.17. The second kappa shape index (κ2) is 6.21. The molecule has 1 amide bonds. The van der Waals surface area contributed by atoms with Gasteiger partial charge in [0.05, 0.1) is 19.3 Å². The number of hydrogen-bond donors (Lipinski definition) is 1. The molecule has 1 unspecified atom stereocenters. The van der Waals surface area contributed by atoms with E-state index in [2.05, 4.69) is 0 Å². The number of aliphatic hydroxyl groups excluding tert-OH is 1. The fourth-order valence-electron chi connectivity index (χ4n) is 1.78. The number of ether oxygens (including phenoxy) is 2. The van der Waals surface area contributed by atoms with E-state index in [0.29, 0.717) is 26.2 Å². The van der Waals surface area contributed by atoms with E-state index in [9.17, 15) is 4.79 Å². The summed E-state index contributed by atoms with van der Waals surface area (Å²) in [7, 11) is 0. The second-order valence-electron chi connectivity index (χ2n) is 5.27. The van der Waals surface area contributed by atoms with Crippen LogP contribution in [-0.2, 0) is 9.47 Å². The summed E-state index contributed by atoms with van der Waals surface area (Å²) in [6.07, 6.45) is 1.13. The maximum atomic E-state index is 12.0. The van der Waals surface area contributed by atoms with Gasteiger partial charge in [-0.3, -0.25) is 0 Å². The average molecular weight is 245 g/mol. The molecule has 1 fully saturated rings. The molecule has 0 aromatic rings. The van der Waals surface area contributed by atoms with Gasteiger partial charge in [0.25, 0.3) is 0 Å². The fraction of sp³-hybridized carbons (Fsp3) is 0.917. The lowest BCUT2D eigenvalue weighted by atomic mass is 10.1. The average Bonchev–Trinajstić information content (AvgIpc) is 2.24. The molecule has 0 bridgehead atoms. The first-order chi connectivity index (χ1) is 7.94. The minimum Gasteiger partial charge on any atom is -0.444 e. The van der Waals surface area contributed by atoms with Gasteiger partial charge in [0, 0.05) is 13.2 Å². The van der Waals surface area contributed by atoms with Crippen LogP contribution in [0, 0.1) is 0 Å². The minimum atomic E-state index is -0.475. The van der Waals surface area contributed by atoms with Crippen LogP contribution in [0.3, 0.4) is 0 Å². The lowest BCUT2D eigenvalue weighted by molar-refractivity contribution is -0.0350. The summed E-state index contributed by atoms with van der Waals surface area (Å²) in [6, 6.07) is 0.0192. The summed E-state index contributed by atoms with van der Waals surface area (Å²) in [5.41, 5.74) is -0.475. The topological polar surface area (TPSA) is 59.0 Å². The Kier molecular flexibility index (Phi) is 5.21. The van der Waals surface area contributed by atoms with E-state index in [1.54, 1.807) is 4.90 Å². The Bertz CT molecular complexity index is 249. The Labute approximate surface area is 103 Å². The smallest absolute Gasteiger partial charge is 0.410 e. The molecule has 1 rings (SSSR count). The van der Waals surface area contributed by atoms with Gasteiger partial charge >= 0.3 is 6.09 Å². The highest BCUT2D eigenvalue weighted by atomic mass is 16.6. The molecule has 17 heavy (non-hydrogen) atoms. The van der Waals surface area contributed by atoms with Crippen LogP contribution >= 0.6 is 0 Å². The SMILES string of the molecule is CC(C)(C)OC(=O)N1CCOCC1CCCO. The predicted molar refractivity (Wildman–Crippen MR) is 63.9 cm³/mol. The first-order valence-electron chi connectivity index (χ1n) is 6.12. The molecule has 1 saturated heterocycles. The molecule has 5 nitrogen and oxygen atoms in total. The minimum absolute atomic E-state index is 0.0192. The maximum absolute atomic E-state index is 12.0. The fourth-order valence-corrected chi connectivity index (χ4v) is 1.78. The molecule has 1 aliphatic rings. The third kappa shape index (κ3) is 4.91. The summed E-state index contributed by atoms with van der Waals surface area (Å²) in [5, 5.41) is 8.83. The van der Waals surface area contributed by atoms with Crippen molar-refractivity contribution in [2.75, 3.05) is 26.4 Å². The molecule has 1 heterocycles. The summed E-state index contributed by atoms with van der Waals surface area (Å²) >= 11 is 0. The quantitative estimate of drug-likeness (QED) is 0.816. The van der Waals surface area contributed by atoms with Crippen LogP contribution in [0.4, 0.5) is 4.79 Å². The van der Waals surface area contributed by atoms with Crippen molar-refractivity contribution in [2.24, 2.45) is 0 Å². The Hall–Kier alpha value is -0.810. The van der Waals surface area contributed by atoms with Gasteiger partial charge in [-0.25, -0.2) is 4.79 Å². The first kappa shape index (κ1) is 14.3. The zero-order chi connectivity index (χ0) is 12.9. The van der Waals surface area contributed by atoms with Crippen LogP contribution < -0.4 is 0 Å². The molecule has 0 aromatic carbocycles. The molecule has 1 N–H and O–H groups in total. The summed E-state index contributed by atoms with van der Waals surface area (Å²) in [6.45, 7) is 7.34. The van der Waals surface area contributed by atoms with Crippen molar-refractivity contribution in [3.05, 3.63) is 0 Å². The molecule has 1 aliphatic heterocycles.